The summed E-state index contributed by atoms with van der Waals surface area (Å²) in [6.07, 6.45) is 3.65. The van der Waals surface area contributed by atoms with E-state index in [-0.39, 0.29) is 5.41 Å². The van der Waals surface area contributed by atoms with Crippen molar-refractivity contribution in [3.8, 4) is 5.75 Å². The Kier molecular flexibility index (Phi) is 5.69. The molecule has 0 aliphatic carbocycles. The van der Waals surface area contributed by atoms with Crippen LogP contribution in [0.25, 0.3) is 0 Å². The number of rotatable bonds is 6. The highest BCUT2D eigenvalue weighted by Gasteiger charge is 2.21. The van der Waals surface area contributed by atoms with Crippen LogP contribution < -0.4 is 10.1 Å². The predicted molar refractivity (Wildman–Crippen MR) is 91.9 cm³/mol. The smallest absolute Gasteiger partial charge is 0.320 e. The van der Waals surface area contributed by atoms with E-state index in [4.69, 9.17) is 4.74 Å². The Morgan fingerprint density at radius 3 is 2.78 bits per heavy atom. The Morgan fingerprint density at radius 2 is 2.13 bits per heavy atom. The van der Waals surface area contributed by atoms with Gasteiger partial charge in [0.2, 0.25) is 0 Å². The van der Waals surface area contributed by atoms with Crippen molar-refractivity contribution in [3.63, 3.8) is 0 Å². The molecule has 1 aliphatic heterocycles. The minimum Gasteiger partial charge on any atom is -0.493 e. The zero-order chi connectivity index (χ0) is 17.0. The molecule has 1 unspecified atom stereocenters. The molecule has 1 atom stereocenters. The largest absolute Gasteiger partial charge is 0.493 e. The van der Waals surface area contributed by atoms with Gasteiger partial charge in [0.05, 0.1) is 6.61 Å². The van der Waals surface area contributed by atoms with Crippen molar-refractivity contribution in [3.05, 3.63) is 28.8 Å². The van der Waals surface area contributed by atoms with Crippen LogP contribution in [-0.4, -0.2) is 23.7 Å². The molecule has 128 valence electrons. The maximum atomic E-state index is 11.5. The number of carboxylic acids is 1. The number of nitrogens with one attached hydrogen (secondary N) is 1. The summed E-state index contributed by atoms with van der Waals surface area (Å²) in [5, 5.41) is 12.6. The van der Waals surface area contributed by atoms with Gasteiger partial charge in [0, 0.05) is 6.54 Å². The van der Waals surface area contributed by atoms with Crippen LogP contribution in [0.2, 0.25) is 0 Å². The van der Waals surface area contributed by atoms with Crippen molar-refractivity contribution in [2.45, 2.75) is 66.0 Å². The third kappa shape index (κ3) is 5.24. The molecule has 1 aromatic carbocycles. The van der Waals surface area contributed by atoms with Crippen molar-refractivity contribution in [2.75, 3.05) is 6.61 Å². The van der Waals surface area contributed by atoms with E-state index >= 15 is 0 Å². The molecule has 1 aromatic rings. The molecule has 0 amide bonds. The molecule has 2 rings (SSSR count). The van der Waals surface area contributed by atoms with Gasteiger partial charge in [0.15, 0.2) is 0 Å². The maximum Gasteiger partial charge on any atom is 0.320 e. The Hall–Kier alpha value is -1.55. The van der Waals surface area contributed by atoms with Gasteiger partial charge >= 0.3 is 5.97 Å². The van der Waals surface area contributed by atoms with Gasteiger partial charge in [0.1, 0.15) is 11.8 Å². The molecule has 0 aromatic heterocycles. The van der Waals surface area contributed by atoms with Gasteiger partial charge in [-0.3, -0.25) is 4.79 Å². The maximum absolute atomic E-state index is 11.5. The Bertz CT molecular complexity index is 560. The number of ether oxygens (including phenoxy) is 1. The van der Waals surface area contributed by atoms with E-state index in [1.54, 1.807) is 0 Å². The fraction of sp³-hybridized carbons (Fsp3) is 0.632. The average Bonchev–Trinajstić information content (AvgIpc) is 2.45. The van der Waals surface area contributed by atoms with E-state index in [0.29, 0.717) is 13.0 Å². The third-order valence-corrected chi connectivity index (χ3v) is 4.35. The Morgan fingerprint density at radius 1 is 1.39 bits per heavy atom. The second-order valence-electron chi connectivity index (χ2n) is 7.71. The van der Waals surface area contributed by atoms with Crippen LogP contribution in [-0.2, 0) is 17.8 Å². The lowest BCUT2D eigenvalue weighted by Gasteiger charge is -2.23. The third-order valence-electron chi connectivity index (χ3n) is 4.35. The highest BCUT2D eigenvalue weighted by atomic mass is 16.5. The summed E-state index contributed by atoms with van der Waals surface area (Å²) < 4.78 is 5.75. The first-order chi connectivity index (χ1) is 10.8. The number of carbonyl (C=O) groups is 1. The summed E-state index contributed by atoms with van der Waals surface area (Å²) in [7, 11) is 0. The van der Waals surface area contributed by atoms with E-state index in [1.165, 1.54) is 11.1 Å². The molecule has 4 heteroatoms. The monoisotopic (exact) mass is 319 g/mol. The molecular formula is C19H29NO3. The minimum absolute atomic E-state index is 0.144. The first-order valence-corrected chi connectivity index (χ1v) is 8.48. The zero-order valence-electron chi connectivity index (χ0n) is 14.7. The van der Waals surface area contributed by atoms with Crippen molar-refractivity contribution >= 4 is 5.97 Å². The first kappa shape index (κ1) is 17.8. The first-order valence-electron chi connectivity index (χ1n) is 8.48. The van der Waals surface area contributed by atoms with Crippen molar-refractivity contribution in [2.24, 2.45) is 5.41 Å². The van der Waals surface area contributed by atoms with Crippen LogP contribution in [0.5, 0.6) is 5.75 Å². The number of aliphatic carboxylic acids is 1. The van der Waals surface area contributed by atoms with E-state index in [1.807, 2.05) is 0 Å². The summed E-state index contributed by atoms with van der Waals surface area (Å²) in [4.78, 5) is 11.5. The predicted octanol–water partition coefficient (Wildman–Crippen LogP) is 3.69. The Balaban J connectivity index is 2.00. The summed E-state index contributed by atoms with van der Waals surface area (Å²) in [5.74, 6) is 0.190. The standard InChI is InChI=1S/C19H29NO3/c1-13-10-14(11-17-15(13)6-5-9-23-17)12-20-16(18(21)22)7-8-19(2,3)4/h10-11,16,20H,5-9,12H2,1-4H3,(H,21,22). The number of hydrogen-bond donors (Lipinski definition) is 2. The van der Waals surface area contributed by atoms with Crippen LogP contribution in [0.1, 0.15) is 56.7 Å². The van der Waals surface area contributed by atoms with E-state index < -0.39 is 12.0 Å². The molecular weight excluding hydrogens is 290 g/mol. The molecule has 0 fully saturated rings. The van der Waals surface area contributed by atoms with Gasteiger partial charge in [-0.2, -0.15) is 0 Å². The van der Waals surface area contributed by atoms with Gasteiger partial charge in [0.25, 0.3) is 0 Å². The molecule has 0 spiro atoms. The van der Waals surface area contributed by atoms with Crippen molar-refractivity contribution in [1.82, 2.24) is 5.32 Å². The fourth-order valence-corrected chi connectivity index (χ4v) is 2.97. The molecule has 0 saturated carbocycles. The molecule has 23 heavy (non-hydrogen) atoms. The van der Waals surface area contributed by atoms with Crippen LogP contribution in [0.15, 0.2) is 12.1 Å². The summed E-state index contributed by atoms with van der Waals surface area (Å²) >= 11 is 0. The second kappa shape index (κ2) is 7.35. The summed E-state index contributed by atoms with van der Waals surface area (Å²) in [6, 6.07) is 3.69. The molecule has 1 heterocycles. The van der Waals surface area contributed by atoms with Crippen molar-refractivity contribution in [1.29, 1.82) is 0 Å². The van der Waals surface area contributed by atoms with Gasteiger partial charge in [-0.15, -0.1) is 0 Å². The normalized spacial score (nSPS) is 15.7. The number of benzene rings is 1. The van der Waals surface area contributed by atoms with Crippen LogP contribution in [0.4, 0.5) is 0 Å². The summed E-state index contributed by atoms with van der Waals surface area (Å²) in [6.45, 7) is 9.83. The minimum atomic E-state index is -0.778. The lowest BCUT2D eigenvalue weighted by molar-refractivity contribution is -0.139. The quantitative estimate of drug-likeness (QED) is 0.839. The van der Waals surface area contributed by atoms with E-state index in [2.05, 4.69) is 45.1 Å². The van der Waals surface area contributed by atoms with Gasteiger partial charge < -0.3 is 15.2 Å². The lowest BCUT2D eigenvalue weighted by Crippen LogP contribution is -2.37. The second-order valence-corrected chi connectivity index (χ2v) is 7.71. The SMILES string of the molecule is Cc1cc(CNC(CCC(C)(C)C)C(=O)O)cc2c1CCCO2. The van der Waals surface area contributed by atoms with Crippen LogP contribution >= 0.6 is 0 Å². The van der Waals surface area contributed by atoms with Crippen molar-refractivity contribution < 1.29 is 14.6 Å². The molecule has 0 bridgehead atoms. The number of aryl methyl sites for hydroxylation is 1. The molecule has 0 radical (unpaired) electrons. The van der Waals surface area contributed by atoms with Gasteiger partial charge in [-0.05, 0) is 60.8 Å². The molecule has 2 N–H and O–H groups in total. The molecule has 1 aliphatic rings. The van der Waals surface area contributed by atoms with E-state index in [0.717, 1.165) is 37.2 Å². The zero-order valence-corrected chi connectivity index (χ0v) is 14.7. The number of fused-ring (bicyclic) bond motifs is 1. The van der Waals surface area contributed by atoms with E-state index in [9.17, 15) is 9.90 Å². The van der Waals surface area contributed by atoms with Crippen LogP contribution in [0, 0.1) is 12.3 Å². The number of carboxylic acid groups (broad SMARTS) is 1. The lowest BCUT2D eigenvalue weighted by atomic mass is 9.88. The number of hydrogen-bond acceptors (Lipinski definition) is 3. The average molecular weight is 319 g/mol. The summed E-state index contributed by atoms with van der Waals surface area (Å²) in [5.41, 5.74) is 3.76. The Labute approximate surface area is 139 Å². The topological polar surface area (TPSA) is 58.6 Å². The molecule has 0 saturated heterocycles. The highest BCUT2D eigenvalue weighted by molar-refractivity contribution is 5.73. The fourth-order valence-electron chi connectivity index (χ4n) is 2.97. The van der Waals surface area contributed by atoms with Gasteiger partial charge in [-0.25, -0.2) is 0 Å². The van der Waals surface area contributed by atoms with Gasteiger partial charge in [-0.1, -0.05) is 26.8 Å². The highest BCUT2D eigenvalue weighted by Crippen LogP contribution is 2.29. The molecule has 4 nitrogen and oxygen atoms in total. The van der Waals surface area contributed by atoms with Crippen LogP contribution in [0.3, 0.4) is 0 Å².